The molecule has 1 aromatic heterocycles. The molecule has 0 radical (unpaired) electrons. The lowest BCUT2D eigenvalue weighted by molar-refractivity contribution is -0.125. The molecule has 3 heterocycles. The van der Waals surface area contributed by atoms with Crippen molar-refractivity contribution in [2.24, 2.45) is 5.92 Å². The topological polar surface area (TPSA) is 70.6 Å². The van der Waals surface area contributed by atoms with E-state index >= 15 is 0 Å². The molecule has 2 aliphatic heterocycles. The minimum atomic E-state index is 0.0982. The number of nitrogens with one attached hydrogen (secondary N) is 1. The van der Waals surface area contributed by atoms with Crippen LogP contribution in [0.3, 0.4) is 0 Å². The van der Waals surface area contributed by atoms with Crippen LogP contribution in [0.15, 0.2) is 24.3 Å². The number of anilines is 1. The Morgan fingerprint density at radius 3 is 2.65 bits per heavy atom. The number of halogens is 1. The molecular weight excluding hydrogens is 434 g/mol. The van der Waals surface area contributed by atoms with Crippen LogP contribution in [0.5, 0.6) is 0 Å². The van der Waals surface area contributed by atoms with Crippen molar-refractivity contribution in [1.29, 1.82) is 0 Å². The van der Waals surface area contributed by atoms with Gasteiger partial charge in [-0.05, 0) is 43.5 Å². The Morgan fingerprint density at radius 2 is 1.90 bits per heavy atom. The molecule has 1 aromatic carbocycles. The molecule has 1 amide bonds. The number of amides is 1. The molecule has 1 N–H and O–H groups in total. The average Bonchev–Trinajstić information content (AvgIpc) is 3.27. The maximum atomic E-state index is 12.5. The number of rotatable bonds is 8. The van der Waals surface area contributed by atoms with Gasteiger partial charge in [0.2, 0.25) is 11.0 Å². The molecule has 31 heavy (non-hydrogen) atoms. The largest absolute Gasteiger partial charge is 0.379 e. The molecule has 4 rings (SSSR count). The lowest BCUT2D eigenvalue weighted by atomic mass is 9.96. The highest BCUT2D eigenvalue weighted by Crippen LogP contribution is 2.25. The molecule has 168 valence electrons. The highest BCUT2D eigenvalue weighted by atomic mass is 35.5. The quantitative estimate of drug-likeness (QED) is 0.607. The van der Waals surface area contributed by atoms with Gasteiger partial charge < -0.3 is 15.0 Å². The van der Waals surface area contributed by atoms with E-state index in [9.17, 15) is 4.79 Å². The van der Waals surface area contributed by atoms with Crippen molar-refractivity contribution in [2.75, 3.05) is 57.4 Å². The zero-order valence-corrected chi connectivity index (χ0v) is 19.3. The molecular formula is C22H30ClN5O2S. The van der Waals surface area contributed by atoms with Gasteiger partial charge in [-0.25, -0.2) is 4.98 Å². The van der Waals surface area contributed by atoms with Gasteiger partial charge in [0, 0.05) is 61.6 Å². The first kappa shape index (κ1) is 22.5. The molecule has 2 fully saturated rings. The Bertz CT molecular complexity index is 833. The summed E-state index contributed by atoms with van der Waals surface area (Å²) in [5.41, 5.74) is 1.15. The Hall–Kier alpha value is -1.74. The van der Waals surface area contributed by atoms with Crippen molar-refractivity contribution in [1.82, 2.24) is 19.6 Å². The maximum Gasteiger partial charge on any atom is 0.223 e. The first-order chi connectivity index (χ1) is 15.2. The number of benzene rings is 1. The summed E-state index contributed by atoms with van der Waals surface area (Å²) >= 11 is 7.39. The second kappa shape index (κ2) is 11.2. The van der Waals surface area contributed by atoms with Crippen molar-refractivity contribution >= 4 is 34.2 Å². The standard InChI is InChI=1S/C22H30ClN5O2S/c23-19-4-2-17(3-5-19)16-20-25-22(31-26-20)28-10-6-18(7-11-28)21(29)24-8-1-9-27-12-14-30-15-13-27/h2-5,18H,1,6-16H2,(H,24,29). The summed E-state index contributed by atoms with van der Waals surface area (Å²) in [7, 11) is 0. The molecule has 2 aromatic rings. The lowest BCUT2D eigenvalue weighted by Crippen LogP contribution is -2.42. The zero-order valence-electron chi connectivity index (χ0n) is 17.8. The molecule has 0 spiro atoms. The van der Waals surface area contributed by atoms with E-state index in [-0.39, 0.29) is 11.8 Å². The third-order valence-corrected chi connectivity index (χ3v) is 6.99. The highest BCUT2D eigenvalue weighted by molar-refractivity contribution is 7.09. The number of piperidine rings is 1. The molecule has 2 aliphatic rings. The first-order valence-electron chi connectivity index (χ1n) is 11.1. The fourth-order valence-electron chi connectivity index (χ4n) is 4.05. The predicted octanol–water partition coefficient (Wildman–Crippen LogP) is 2.84. The Labute approximate surface area is 192 Å². The Morgan fingerprint density at radius 1 is 1.16 bits per heavy atom. The minimum absolute atomic E-state index is 0.0982. The fraction of sp³-hybridized carbons (Fsp3) is 0.591. The molecule has 0 bridgehead atoms. The summed E-state index contributed by atoms with van der Waals surface area (Å²) in [6, 6.07) is 7.80. The predicted molar refractivity (Wildman–Crippen MR) is 124 cm³/mol. The summed E-state index contributed by atoms with van der Waals surface area (Å²) in [6.07, 6.45) is 3.42. The number of hydrogen-bond acceptors (Lipinski definition) is 7. The molecule has 0 aliphatic carbocycles. The van der Waals surface area contributed by atoms with E-state index in [1.807, 2.05) is 24.3 Å². The molecule has 7 nitrogen and oxygen atoms in total. The molecule has 2 saturated heterocycles. The number of carbonyl (C=O) groups is 1. The van der Waals surface area contributed by atoms with Crippen LogP contribution in [-0.2, 0) is 16.0 Å². The van der Waals surface area contributed by atoms with E-state index in [2.05, 4.69) is 19.5 Å². The number of morpholine rings is 1. The summed E-state index contributed by atoms with van der Waals surface area (Å²) < 4.78 is 9.89. The van der Waals surface area contributed by atoms with Gasteiger partial charge in [0.15, 0.2) is 0 Å². The number of nitrogens with zero attached hydrogens (tertiary/aromatic N) is 4. The van der Waals surface area contributed by atoms with E-state index in [1.165, 1.54) is 11.5 Å². The summed E-state index contributed by atoms with van der Waals surface area (Å²) in [5, 5.41) is 4.82. The van der Waals surface area contributed by atoms with Crippen molar-refractivity contribution in [2.45, 2.75) is 25.7 Å². The van der Waals surface area contributed by atoms with Gasteiger partial charge in [-0.2, -0.15) is 4.37 Å². The monoisotopic (exact) mass is 463 g/mol. The van der Waals surface area contributed by atoms with Gasteiger partial charge in [0.05, 0.1) is 13.2 Å². The van der Waals surface area contributed by atoms with Crippen LogP contribution < -0.4 is 10.2 Å². The average molecular weight is 464 g/mol. The van der Waals surface area contributed by atoms with Crippen LogP contribution in [0.1, 0.15) is 30.7 Å². The van der Waals surface area contributed by atoms with Crippen LogP contribution >= 0.6 is 23.1 Å². The third-order valence-electron chi connectivity index (χ3n) is 5.92. The SMILES string of the molecule is O=C(NCCCN1CCOCC1)C1CCN(c2nc(Cc3ccc(Cl)cc3)ns2)CC1. The summed E-state index contributed by atoms with van der Waals surface area (Å²) in [6.45, 7) is 7.12. The van der Waals surface area contributed by atoms with Gasteiger partial charge in [-0.1, -0.05) is 23.7 Å². The minimum Gasteiger partial charge on any atom is -0.379 e. The van der Waals surface area contributed by atoms with E-state index in [1.54, 1.807) is 0 Å². The number of ether oxygens (including phenoxy) is 1. The second-order valence-electron chi connectivity index (χ2n) is 8.16. The van der Waals surface area contributed by atoms with Gasteiger partial charge >= 0.3 is 0 Å². The van der Waals surface area contributed by atoms with E-state index in [4.69, 9.17) is 21.3 Å². The maximum absolute atomic E-state index is 12.5. The van der Waals surface area contributed by atoms with Crippen LogP contribution in [0, 0.1) is 5.92 Å². The molecule has 9 heteroatoms. The zero-order chi connectivity index (χ0) is 21.5. The summed E-state index contributed by atoms with van der Waals surface area (Å²) in [5.74, 6) is 1.13. The van der Waals surface area contributed by atoms with E-state index in [0.717, 1.165) is 93.3 Å². The van der Waals surface area contributed by atoms with Crippen molar-refractivity contribution in [3.63, 3.8) is 0 Å². The van der Waals surface area contributed by atoms with Gasteiger partial charge in [0.1, 0.15) is 5.82 Å². The van der Waals surface area contributed by atoms with Crippen molar-refractivity contribution in [3.8, 4) is 0 Å². The van der Waals surface area contributed by atoms with Crippen LogP contribution in [0.25, 0.3) is 0 Å². The van der Waals surface area contributed by atoms with Gasteiger partial charge in [-0.3, -0.25) is 9.69 Å². The normalized spacial score (nSPS) is 18.3. The number of carbonyl (C=O) groups excluding carboxylic acids is 1. The molecule has 0 saturated carbocycles. The third kappa shape index (κ3) is 6.62. The second-order valence-corrected chi connectivity index (χ2v) is 9.32. The smallest absolute Gasteiger partial charge is 0.223 e. The van der Waals surface area contributed by atoms with E-state index in [0.29, 0.717) is 6.42 Å². The molecule has 0 atom stereocenters. The van der Waals surface area contributed by atoms with Gasteiger partial charge in [-0.15, -0.1) is 0 Å². The van der Waals surface area contributed by atoms with Crippen molar-refractivity contribution in [3.05, 3.63) is 40.7 Å². The number of hydrogen-bond donors (Lipinski definition) is 1. The van der Waals surface area contributed by atoms with Crippen LogP contribution in [0.2, 0.25) is 5.02 Å². The van der Waals surface area contributed by atoms with Crippen LogP contribution in [0.4, 0.5) is 5.13 Å². The highest BCUT2D eigenvalue weighted by Gasteiger charge is 2.26. The summed E-state index contributed by atoms with van der Waals surface area (Å²) in [4.78, 5) is 21.9. The Kier molecular flexibility index (Phi) is 8.13. The van der Waals surface area contributed by atoms with Crippen molar-refractivity contribution < 1.29 is 9.53 Å². The van der Waals surface area contributed by atoms with Crippen LogP contribution in [-0.4, -0.2) is 72.6 Å². The first-order valence-corrected chi connectivity index (χ1v) is 12.2. The Balaban J connectivity index is 1.16. The van der Waals surface area contributed by atoms with E-state index < -0.39 is 0 Å². The molecule has 0 unspecified atom stereocenters. The lowest BCUT2D eigenvalue weighted by Gasteiger charge is -2.31. The van der Waals surface area contributed by atoms with Gasteiger partial charge in [0.25, 0.3) is 0 Å². The number of aromatic nitrogens is 2. The fourth-order valence-corrected chi connectivity index (χ4v) is 4.91.